The Bertz CT molecular complexity index is 507. The average Bonchev–Trinajstić information content (AvgIpc) is 2.59. The molecule has 0 fully saturated rings. The standard InChI is InChI=1S/C11H12O3S/c1-4-13-11(12)9-7(3)15-8-5-6(2)14-10(8)9/h5H,4H2,1-3H3. The number of carbonyl (C=O) groups is 1. The Morgan fingerprint density at radius 3 is 2.93 bits per heavy atom. The highest BCUT2D eigenvalue weighted by atomic mass is 32.1. The fraction of sp³-hybridized carbons (Fsp3) is 0.364. The summed E-state index contributed by atoms with van der Waals surface area (Å²) in [4.78, 5) is 12.6. The van der Waals surface area contributed by atoms with Crippen molar-refractivity contribution in [3.05, 3.63) is 22.3 Å². The van der Waals surface area contributed by atoms with Crippen LogP contribution in [0.5, 0.6) is 0 Å². The second-order valence-corrected chi connectivity index (χ2v) is 4.56. The van der Waals surface area contributed by atoms with Crippen LogP contribution in [0.3, 0.4) is 0 Å². The number of hydrogen-bond acceptors (Lipinski definition) is 4. The van der Waals surface area contributed by atoms with Crippen LogP contribution in [0.25, 0.3) is 10.3 Å². The molecule has 0 amide bonds. The summed E-state index contributed by atoms with van der Waals surface area (Å²) >= 11 is 1.56. The van der Waals surface area contributed by atoms with Gasteiger partial charge in [0, 0.05) is 4.88 Å². The molecule has 0 saturated heterocycles. The predicted molar refractivity (Wildman–Crippen MR) is 59.5 cm³/mol. The number of rotatable bonds is 2. The third-order valence-electron chi connectivity index (χ3n) is 2.14. The van der Waals surface area contributed by atoms with E-state index in [2.05, 4.69) is 0 Å². The molecule has 2 heterocycles. The number of esters is 1. The molecular weight excluding hydrogens is 212 g/mol. The van der Waals surface area contributed by atoms with E-state index in [-0.39, 0.29) is 5.97 Å². The molecule has 3 nitrogen and oxygen atoms in total. The Labute approximate surface area is 91.6 Å². The van der Waals surface area contributed by atoms with Crippen molar-refractivity contribution in [2.24, 2.45) is 0 Å². The minimum atomic E-state index is -0.296. The van der Waals surface area contributed by atoms with Crippen LogP contribution in [-0.4, -0.2) is 12.6 Å². The molecule has 2 aromatic rings. The van der Waals surface area contributed by atoms with E-state index in [1.165, 1.54) is 0 Å². The Morgan fingerprint density at radius 1 is 1.53 bits per heavy atom. The number of aryl methyl sites for hydroxylation is 2. The maximum absolute atomic E-state index is 11.7. The SMILES string of the molecule is CCOC(=O)c1c(C)sc2cc(C)oc12. The Morgan fingerprint density at radius 2 is 2.27 bits per heavy atom. The minimum Gasteiger partial charge on any atom is -0.462 e. The third kappa shape index (κ3) is 1.65. The summed E-state index contributed by atoms with van der Waals surface area (Å²) in [6, 6.07) is 1.94. The lowest BCUT2D eigenvalue weighted by atomic mass is 10.2. The fourth-order valence-corrected chi connectivity index (χ4v) is 2.63. The van der Waals surface area contributed by atoms with Gasteiger partial charge in [-0.3, -0.25) is 0 Å². The van der Waals surface area contributed by atoms with Gasteiger partial charge in [0.25, 0.3) is 0 Å². The molecule has 15 heavy (non-hydrogen) atoms. The van der Waals surface area contributed by atoms with Gasteiger partial charge in [0.2, 0.25) is 0 Å². The third-order valence-corrected chi connectivity index (χ3v) is 3.18. The molecule has 2 rings (SSSR count). The molecule has 4 heteroatoms. The number of hydrogen-bond donors (Lipinski definition) is 0. The van der Waals surface area contributed by atoms with Crippen molar-refractivity contribution in [1.82, 2.24) is 0 Å². The van der Waals surface area contributed by atoms with Gasteiger partial charge in [0.1, 0.15) is 11.3 Å². The van der Waals surface area contributed by atoms with Crippen molar-refractivity contribution in [1.29, 1.82) is 0 Å². The number of carbonyl (C=O) groups excluding carboxylic acids is 1. The minimum absolute atomic E-state index is 0.296. The molecule has 80 valence electrons. The smallest absolute Gasteiger partial charge is 0.343 e. The second-order valence-electron chi connectivity index (χ2n) is 3.30. The van der Waals surface area contributed by atoms with Gasteiger partial charge in [-0.15, -0.1) is 11.3 Å². The molecule has 0 spiro atoms. The van der Waals surface area contributed by atoms with Crippen LogP contribution in [0.4, 0.5) is 0 Å². The van der Waals surface area contributed by atoms with Crippen LogP contribution in [-0.2, 0) is 4.74 Å². The highest BCUT2D eigenvalue weighted by Gasteiger charge is 2.20. The molecule has 0 aliphatic heterocycles. The highest BCUT2D eigenvalue weighted by Crippen LogP contribution is 2.33. The lowest BCUT2D eigenvalue weighted by Gasteiger charge is -1.99. The summed E-state index contributed by atoms with van der Waals surface area (Å²) in [7, 11) is 0. The molecule has 0 aliphatic carbocycles. The van der Waals surface area contributed by atoms with E-state index in [9.17, 15) is 4.79 Å². The van der Waals surface area contributed by atoms with Crippen molar-refractivity contribution >= 4 is 27.6 Å². The van der Waals surface area contributed by atoms with Gasteiger partial charge in [0.15, 0.2) is 5.58 Å². The quantitative estimate of drug-likeness (QED) is 0.735. The molecule has 0 bridgehead atoms. The van der Waals surface area contributed by atoms with Crippen molar-refractivity contribution in [2.75, 3.05) is 6.61 Å². The highest BCUT2D eigenvalue weighted by molar-refractivity contribution is 7.19. The van der Waals surface area contributed by atoms with Crippen LogP contribution in [0.1, 0.15) is 27.9 Å². The summed E-state index contributed by atoms with van der Waals surface area (Å²) < 4.78 is 11.5. The summed E-state index contributed by atoms with van der Waals surface area (Å²) in [6.07, 6.45) is 0. The zero-order valence-electron chi connectivity index (χ0n) is 8.92. The van der Waals surface area contributed by atoms with Crippen LogP contribution < -0.4 is 0 Å². The molecule has 0 aliphatic rings. The summed E-state index contributed by atoms with van der Waals surface area (Å²) in [5, 5.41) is 0. The first-order chi connectivity index (χ1) is 7.13. The first kappa shape index (κ1) is 10.2. The molecular formula is C11H12O3S. The van der Waals surface area contributed by atoms with Gasteiger partial charge in [-0.2, -0.15) is 0 Å². The van der Waals surface area contributed by atoms with Crippen LogP contribution >= 0.6 is 11.3 Å². The summed E-state index contributed by atoms with van der Waals surface area (Å²) in [5.74, 6) is 0.525. The molecule has 2 aromatic heterocycles. The lowest BCUT2D eigenvalue weighted by molar-refractivity contribution is 0.0527. The average molecular weight is 224 g/mol. The molecule has 0 aromatic carbocycles. The van der Waals surface area contributed by atoms with Crippen molar-refractivity contribution < 1.29 is 13.9 Å². The number of thiophene rings is 1. The molecule has 0 unspecified atom stereocenters. The lowest BCUT2D eigenvalue weighted by Crippen LogP contribution is -2.04. The summed E-state index contributed by atoms with van der Waals surface area (Å²) in [5.41, 5.74) is 1.23. The van der Waals surface area contributed by atoms with Gasteiger partial charge in [0.05, 0.1) is 11.3 Å². The Kier molecular flexibility index (Phi) is 2.52. The normalized spacial score (nSPS) is 10.9. The van der Waals surface area contributed by atoms with Gasteiger partial charge < -0.3 is 9.15 Å². The van der Waals surface area contributed by atoms with Gasteiger partial charge in [-0.25, -0.2) is 4.79 Å². The predicted octanol–water partition coefficient (Wildman–Crippen LogP) is 3.29. The van der Waals surface area contributed by atoms with E-state index >= 15 is 0 Å². The zero-order valence-corrected chi connectivity index (χ0v) is 9.73. The van der Waals surface area contributed by atoms with Crippen molar-refractivity contribution in [3.63, 3.8) is 0 Å². The first-order valence-electron chi connectivity index (χ1n) is 4.80. The van der Waals surface area contributed by atoms with Crippen molar-refractivity contribution in [2.45, 2.75) is 20.8 Å². The number of ether oxygens (including phenoxy) is 1. The van der Waals surface area contributed by atoms with E-state index in [1.807, 2.05) is 19.9 Å². The van der Waals surface area contributed by atoms with E-state index in [0.29, 0.717) is 17.8 Å². The maximum atomic E-state index is 11.7. The van der Waals surface area contributed by atoms with E-state index < -0.39 is 0 Å². The van der Waals surface area contributed by atoms with E-state index in [0.717, 1.165) is 15.3 Å². The molecule has 0 radical (unpaired) electrons. The van der Waals surface area contributed by atoms with Crippen LogP contribution in [0.15, 0.2) is 10.5 Å². The maximum Gasteiger partial charge on any atom is 0.343 e. The van der Waals surface area contributed by atoms with Gasteiger partial charge >= 0.3 is 5.97 Å². The van der Waals surface area contributed by atoms with Crippen LogP contribution in [0.2, 0.25) is 0 Å². The summed E-state index contributed by atoms with van der Waals surface area (Å²) in [6.45, 7) is 5.96. The number of fused-ring (bicyclic) bond motifs is 1. The Hall–Kier alpha value is -1.29. The first-order valence-corrected chi connectivity index (χ1v) is 5.61. The van der Waals surface area contributed by atoms with E-state index in [4.69, 9.17) is 9.15 Å². The van der Waals surface area contributed by atoms with Crippen LogP contribution in [0, 0.1) is 13.8 Å². The number of furan rings is 1. The Balaban J connectivity index is 2.56. The zero-order chi connectivity index (χ0) is 11.0. The molecule has 0 saturated carbocycles. The van der Waals surface area contributed by atoms with Crippen molar-refractivity contribution in [3.8, 4) is 0 Å². The van der Waals surface area contributed by atoms with Gasteiger partial charge in [-0.1, -0.05) is 0 Å². The van der Waals surface area contributed by atoms with E-state index in [1.54, 1.807) is 18.3 Å². The molecule has 0 atom stereocenters. The largest absolute Gasteiger partial charge is 0.462 e. The second kappa shape index (κ2) is 3.70. The van der Waals surface area contributed by atoms with Gasteiger partial charge in [-0.05, 0) is 26.8 Å². The monoisotopic (exact) mass is 224 g/mol. The fourth-order valence-electron chi connectivity index (χ4n) is 1.56. The molecule has 0 N–H and O–H groups in total. The topological polar surface area (TPSA) is 39.4 Å².